The molecule has 0 amide bonds. The first-order chi connectivity index (χ1) is 21.4. The van der Waals surface area contributed by atoms with Crippen molar-refractivity contribution in [3.8, 4) is 6.07 Å². The van der Waals surface area contributed by atoms with Gasteiger partial charge in [-0.15, -0.1) is 0 Å². The predicted molar refractivity (Wildman–Crippen MR) is 190 cm³/mol. The van der Waals surface area contributed by atoms with E-state index in [1.165, 1.54) is 0 Å². The third kappa shape index (κ3) is 9.86. The molecule has 1 aliphatic rings. The van der Waals surface area contributed by atoms with Crippen LogP contribution in [-0.2, 0) is 12.8 Å². The van der Waals surface area contributed by atoms with Crippen molar-refractivity contribution >= 4 is 30.0 Å². The lowest BCUT2D eigenvalue weighted by atomic mass is 9.95. The van der Waals surface area contributed by atoms with E-state index < -0.39 is 0 Å². The first kappa shape index (κ1) is 33.1. The van der Waals surface area contributed by atoms with Gasteiger partial charge in [-0.05, 0) is 73.1 Å². The highest BCUT2D eigenvalue weighted by molar-refractivity contribution is 6.13. The zero-order valence-electron chi connectivity index (χ0n) is 25.9. The molecule has 0 saturated carbocycles. The number of rotatable bonds is 9. The maximum Gasteiger partial charge on any atom is 0.160 e. The minimum absolute atomic E-state index is 0.0216. The second-order valence-corrected chi connectivity index (χ2v) is 10.1. The molecule has 0 fully saturated rings. The van der Waals surface area contributed by atoms with E-state index in [0.717, 1.165) is 39.0 Å². The van der Waals surface area contributed by atoms with Crippen LogP contribution >= 0.6 is 0 Å². The Bertz CT molecular complexity index is 1710. The summed E-state index contributed by atoms with van der Waals surface area (Å²) in [4.78, 5) is 9.25. The van der Waals surface area contributed by atoms with Gasteiger partial charge in [0.25, 0.3) is 0 Å². The average Bonchev–Trinajstić information content (AvgIpc) is 3.04. The Morgan fingerprint density at radius 1 is 0.977 bits per heavy atom. The van der Waals surface area contributed by atoms with Crippen molar-refractivity contribution in [3.63, 3.8) is 0 Å². The van der Waals surface area contributed by atoms with Crippen molar-refractivity contribution in [2.24, 2.45) is 9.98 Å². The number of aliphatic imine (C=N–C) groups is 2. The van der Waals surface area contributed by atoms with Gasteiger partial charge in [-0.2, -0.15) is 5.26 Å². The summed E-state index contributed by atoms with van der Waals surface area (Å²) in [5.41, 5.74) is 8.26. The molecule has 0 saturated heterocycles. The molecular weight excluding hydrogens is 536 g/mol. The van der Waals surface area contributed by atoms with Gasteiger partial charge in [-0.25, -0.2) is 9.98 Å². The van der Waals surface area contributed by atoms with Crippen LogP contribution in [0.15, 0.2) is 154 Å². The molecule has 44 heavy (non-hydrogen) atoms. The zero-order chi connectivity index (χ0) is 31.7. The average molecular weight is 577 g/mol. The molecule has 0 aliphatic heterocycles. The number of amidine groups is 2. The summed E-state index contributed by atoms with van der Waals surface area (Å²) < 4.78 is 0. The monoisotopic (exact) mass is 576 g/mol. The normalized spacial score (nSPS) is 17.6. The van der Waals surface area contributed by atoms with E-state index in [4.69, 9.17) is 5.41 Å². The molecule has 0 atom stereocenters. The van der Waals surface area contributed by atoms with Gasteiger partial charge < -0.3 is 0 Å². The van der Waals surface area contributed by atoms with Crippen molar-refractivity contribution in [3.05, 3.63) is 166 Å². The highest BCUT2D eigenvalue weighted by Gasteiger charge is 2.08. The molecule has 0 radical (unpaired) electrons. The summed E-state index contributed by atoms with van der Waals surface area (Å²) >= 11 is 0. The van der Waals surface area contributed by atoms with E-state index in [1.54, 1.807) is 6.08 Å². The summed E-state index contributed by atoms with van der Waals surface area (Å²) in [5, 5.41) is 18.2. The van der Waals surface area contributed by atoms with Gasteiger partial charge in [-0.1, -0.05) is 122 Å². The number of nitriles is 1. The van der Waals surface area contributed by atoms with Crippen LogP contribution in [0.25, 0.3) is 12.2 Å². The first-order valence-electron chi connectivity index (χ1n) is 14.7. The van der Waals surface area contributed by atoms with Gasteiger partial charge in [0.1, 0.15) is 0 Å². The molecule has 0 unspecified atom stereocenters. The van der Waals surface area contributed by atoms with Gasteiger partial charge in [0.2, 0.25) is 0 Å². The lowest BCUT2D eigenvalue weighted by molar-refractivity contribution is 1.21. The van der Waals surface area contributed by atoms with E-state index in [1.807, 2.05) is 99.9 Å². The maximum atomic E-state index is 9.49. The highest BCUT2D eigenvalue weighted by Crippen LogP contribution is 2.24. The van der Waals surface area contributed by atoms with E-state index >= 15 is 0 Å². The summed E-state index contributed by atoms with van der Waals surface area (Å²) in [6, 6.07) is 18.7. The Kier molecular flexibility index (Phi) is 13.2. The van der Waals surface area contributed by atoms with Gasteiger partial charge >= 0.3 is 0 Å². The minimum atomic E-state index is 0.0216. The molecule has 220 valence electrons. The number of hydrogen-bond acceptors (Lipinski definition) is 2. The lowest BCUT2D eigenvalue weighted by Gasteiger charge is -2.10. The number of benzene rings is 2. The summed E-state index contributed by atoms with van der Waals surface area (Å²) in [6.45, 7) is 14.3. The van der Waals surface area contributed by atoms with E-state index in [9.17, 15) is 5.26 Å². The number of fused-ring (bicyclic) bond motifs is 1. The number of nitrogens with zero attached hydrogens (tertiary/aromatic N) is 3. The van der Waals surface area contributed by atoms with Crippen molar-refractivity contribution in [2.45, 2.75) is 40.0 Å². The van der Waals surface area contributed by atoms with Crippen LogP contribution in [0, 0.1) is 16.7 Å². The number of allylic oxidation sites excluding steroid dienone is 10. The summed E-state index contributed by atoms with van der Waals surface area (Å²) in [7, 11) is 0. The lowest BCUT2D eigenvalue weighted by Crippen LogP contribution is -2.05. The zero-order valence-corrected chi connectivity index (χ0v) is 25.9. The third-order valence-electron chi connectivity index (χ3n) is 6.95. The minimum Gasteiger partial charge on any atom is -0.282 e. The second kappa shape index (κ2) is 17.5. The van der Waals surface area contributed by atoms with Crippen LogP contribution in [0.2, 0.25) is 0 Å². The van der Waals surface area contributed by atoms with Crippen LogP contribution in [0.5, 0.6) is 0 Å². The molecule has 0 aromatic heterocycles. The van der Waals surface area contributed by atoms with E-state index in [2.05, 4.69) is 65.6 Å². The quantitative estimate of drug-likeness (QED) is 0.180. The molecule has 1 aliphatic carbocycles. The smallest absolute Gasteiger partial charge is 0.160 e. The van der Waals surface area contributed by atoms with E-state index in [-0.39, 0.29) is 5.84 Å². The largest absolute Gasteiger partial charge is 0.282 e. The van der Waals surface area contributed by atoms with Crippen molar-refractivity contribution < 1.29 is 0 Å². The summed E-state index contributed by atoms with van der Waals surface area (Å²) in [5.74, 6) is 0.471. The standard InChI is InChI=1S/C40H40N4/c1-6-14-33(8-3)40(43-27-26-36-19-10-9-17-34(36)15-7-2)44-39(42)31(5)23-22-30(4)37-21-13-16-32(29-41)24-25-35-18-11-12-20-38(35)28-37/h6-20,22-24,27-28,42H,4-5,21,25-26H2,1-3H3/b14-6-,15-7-,16-13-,23-22-,32-24+,33-8+,37-28+,42-39?,43-27?,44-40?. The second-order valence-electron chi connectivity index (χ2n) is 10.1. The van der Waals surface area contributed by atoms with Crippen LogP contribution < -0.4 is 0 Å². The Morgan fingerprint density at radius 3 is 2.50 bits per heavy atom. The third-order valence-corrected chi connectivity index (χ3v) is 6.95. The molecule has 1 N–H and O–H groups in total. The molecule has 0 bridgehead atoms. The SMILES string of the molecule is C=C(/C=C\C(=C)/C1=C/c2ccccc2C/C=C(C#N)\C=C/C1)C(=N)N=C(N=CCc1ccccc1/C=C\C)C(/C=C\C)=C/C. The fourth-order valence-electron chi connectivity index (χ4n) is 4.52. The Balaban J connectivity index is 1.84. The van der Waals surface area contributed by atoms with Gasteiger partial charge in [0.05, 0.1) is 6.07 Å². The maximum absolute atomic E-state index is 9.49. The van der Waals surface area contributed by atoms with Crippen molar-refractivity contribution in [1.29, 1.82) is 10.7 Å². The van der Waals surface area contributed by atoms with Gasteiger partial charge in [0, 0.05) is 29.4 Å². The van der Waals surface area contributed by atoms with Gasteiger partial charge in [0.15, 0.2) is 11.7 Å². The Labute approximate surface area is 262 Å². The summed E-state index contributed by atoms with van der Waals surface area (Å²) in [6.07, 6.45) is 25.2. The van der Waals surface area contributed by atoms with Crippen LogP contribution in [0.3, 0.4) is 0 Å². The first-order valence-corrected chi connectivity index (χ1v) is 14.7. The van der Waals surface area contributed by atoms with Crippen molar-refractivity contribution in [2.75, 3.05) is 0 Å². The predicted octanol–water partition coefficient (Wildman–Crippen LogP) is 9.94. The Morgan fingerprint density at radius 2 is 1.75 bits per heavy atom. The number of nitrogens with one attached hydrogen (secondary N) is 1. The molecule has 4 nitrogen and oxygen atoms in total. The molecule has 4 heteroatoms. The number of hydrogen-bond donors (Lipinski definition) is 1. The van der Waals surface area contributed by atoms with E-state index in [0.29, 0.717) is 36.2 Å². The van der Waals surface area contributed by atoms with Crippen LogP contribution in [0.1, 0.15) is 49.4 Å². The fraction of sp³-hybridized carbons (Fsp3) is 0.150. The molecule has 0 heterocycles. The Hall–Kier alpha value is -5.40. The molecule has 2 aromatic rings. The topological polar surface area (TPSA) is 72.4 Å². The van der Waals surface area contributed by atoms with Crippen LogP contribution in [0.4, 0.5) is 0 Å². The molecular formula is C40H40N4. The van der Waals surface area contributed by atoms with Gasteiger partial charge in [-0.3, -0.25) is 5.41 Å². The van der Waals surface area contributed by atoms with Crippen LogP contribution in [-0.4, -0.2) is 17.9 Å². The molecule has 3 rings (SSSR count). The van der Waals surface area contributed by atoms with Crippen molar-refractivity contribution in [1.82, 2.24) is 0 Å². The highest BCUT2D eigenvalue weighted by atomic mass is 14.9. The molecule has 0 spiro atoms. The molecule has 2 aromatic carbocycles. The fourth-order valence-corrected chi connectivity index (χ4v) is 4.52.